The molecular weight excluding hydrogens is 599 g/mol. The molecule has 0 saturated carbocycles. The molecule has 4 atom stereocenters. The molecule has 4 N–H and O–H groups in total. The highest BCUT2D eigenvalue weighted by molar-refractivity contribution is 5.82. The van der Waals surface area contributed by atoms with Gasteiger partial charge in [-0.05, 0) is 56.4 Å². The average molecular weight is 636 g/mol. The van der Waals surface area contributed by atoms with Gasteiger partial charge in [-0.15, -0.1) is 0 Å². The third-order valence-electron chi connectivity index (χ3n) is 8.31. The summed E-state index contributed by atoms with van der Waals surface area (Å²) in [7, 11) is 0. The van der Waals surface area contributed by atoms with E-state index in [-0.39, 0.29) is 25.5 Å². The molecule has 2 amide bonds. The number of ether oxygens (including phenoxy) is 3. The number of benzene rings is 2. The van der Waals surface area contributed by atoms with E-state index in [1.807, 2.05) is 0 Å². The predicted octanol–water partition coefficient (Wildman–Crippen LogP) is 4.17. The molecule has 2 heterocycles. The Bertz CT molecular complexity index is 1420. The minimum Gasteiger partial charge on any atom is -0.481 e. The summed E-state index contributed by atoms with van der Waals surface area (Å²) in [6.45, 7) is 2.20. The molecule has 2 aromatic rings. The molecule has 1 unspecified atom stereocenters. The highest BCUT2D eigenvalue weighted by atomic mass is 19.4. The van der Waals surface area contributed by atoms with Gasteiger partial charge in [0.05, 0.1) is 35.8 Å². The molecule has 0 bridgehead atoms. The number of aliphatic carboxylic acids is 1. The number of amides is 2. The third-order valence-corrected chi connectivity index (χ3v) is 8.31. The maximum absolute atomic E-state index is 13.7. The second-order valence-electron chi connectivity index (χ2n) is 11.6. The number of hydrogen-bond acceptors (Lipinski definition) is 8. The van der Waals surface area contributed by atoms with E-state index in [0.29, 0.717) is 36.0 Å². The summed E-state index contributed by atoms with van der Waals surface area (Å²) >= 11 is 0. The fraction of sp³-hybridized carbons (Fsp3) is 0.484. The molecule has 2 saturated heterocycles. The lowest BCUT2D eigenvalue weighted by molar-refractivity contribution is -0.158. The first-order valence-electron chi connectivity index (χ1n) is 14.4. The molecular formula is C31H36F3N3O8. The molecule has 244 valence electrons. The standard InChI is InChI=1S/C31H36F3N3O8/c1-19-12-21(14-23(13-19)31(32,33)34)20(2)43-17-30(22-6-4-3-5-7-22)11-10-29(9-8-25(38)36-29)16-37(30)28(42)45-18-44-27(41)24(35)15-26(39)40/h3-7,12-14,20,24H,8-11,15-18,35H2,1-2H3,(H,36,38)(H,39,40)/t20-,24?,29-,30-/m1/s1. The predicted molar refractivity (Wildman–Crippen MR) is 152 cm³/mol. The lowest BCUT2D eigenvalue weighted by atomic mass is 9.74. The van der Waals surface area contributed by atoms with Crippen LogP contribution >= 0.6 is 0 Å². The highest BCUT2D eigenvalue weighted by Gasteiger charge is 2.54. The van der Waals surface area contributed by atoms with Gasteiger partial charge in [0.15, 0.2) is 0 Å². The Morgan fingerprint density at radius 1 is 1.09 bits per heavy atom. The van der Waals surface area contributed by atoms with Gasteiger partial charge in [-0.2, -0.15) is 13.2 Å². The molecule has 0 aromatic heterocycles. The number of nitrogens with one attached hydrogen (secondary N) is 1. The number of carboxylic acid groups (broad SMARTS) is 1. The van der Waals surface area contributed by atoms with Crippen LogP contribution in [0.5, 0.6) is 0 Å². The number of likely N-dealkylation sites (tertiary alicyclic amines) is 1. The summed E-state index contributed by atoms with van der Waals surface area (Å²) in [4.78, 5) is 50.3. The van der Waals surface area contributed by atoms with E-state index >= 15 is 0 Å². The molecule has 45 heavy (non-hydrogen) atoms. The maximum atomic E-state index is 13.7. The minimum atomic E-state index is -4.54. The Labute approximate surface area is 257 Å². The van der Waals surface area contributed by atoms with Crippen molar-refractivity contribution in [2.75, 3.05) is 19.9 Å². The summed E-state index contributed by atoms with van der Waals surface area (Å²) in [5.74, 6) is -2.55. The van der Waals surface area contributed by atoms with Crippen LogP contribution in [0, 0.1) is 6.92 Å². The summed E-state index contributed by atoms with van der Waals surface area (Å²) in [5, 5.41) is 11.8. The minimum absolute atomic E-state index is 0.0132. The van der Waals surface area contributed by atoms with E-state index in [4.69, 9.17) is 25.1 Å². The molecule has 2 aliphatic heterocycles. The molecule has 0 aliphatic carbocycles. The van der Waals surface area contributed by atoms with Crippen molar-refractivity contribution >= 4 is 23.9 Å². The quantitative estimate of drug-likeness (QED) is 0.257. The number of carbonyl (C=O) groups excluding carboxylic acids is 3. The fourth-order valence-corrected chi connectivity index (χ4v) is 5.88. The van der Waals surface area contributed by atoms with Crippen molar-refractivity contribution in [2.45, 2.75) is 75.4 Å². The van der Waals surface area contributed by atoms with Crippen molar-refractivity contribution in [1.29, 1.82) is 0 Å². The molecule has 11 nitrogen and oxygen atoms in total. The van der Waals surface area contributed by atoms with Crippen molar-refractivity contribution in [1.82, 2.24) is 10.2 Å². The molecule has 0 radical (unpaired) electrons. The first kappa shape index (κ1) is 33.7. The van der Waals surface area contributed by atoms with Crippen LogP contribution in [0.1, 0.15) is 67.4 Å². The summed E-state index contributed by atoms with van der Waals surface area (Å²) < 4.78 is 57.1. The molecule has 2 aromatic carbocycles. The van der Waals surface area contributed by atoms with E-state index in [1.165, 1.54) is 4.90 Å². The Morgan fingerprint density at radius 2 is 1.80 bits per heavy atom. The van der Waals surface area contributed by atoms with Crippen LogP contribution in [0.15, 0.2) is 48.5 Å². The number of piperidine rings is 1. The van der Waals surface area contributed by atoms with Crippen LogP contribution in [-0.4, -0.2) is 65.5 Å². The molecule has 2 fully saturated rings. The smallest absolute Gasteiger partial charge is 0.416 e. The van der Waals surface area contributed by atoms with Crippen molar-refractivity contribution < 1.29 is 51.7 Å². The van der Waals surface area contributed by atoms with Crippen LogP contribution in [-0.2, 0) is 40.3 Å². The lowest BCUT2D eigenvalue weighted by Crippen LogP contribution is -2.65. The van der Waals surface area contributed by atoms with Gasteiger partial charge in [-0.25, -0.2) is 4.79 Å². The fourth-order valence-electron chi connectivity index (χ4n) is 5.88. The zero-order valence-corrected chi connectivity index (χ0v) is 24.9. The van der Waals surface area contributed by atoms with Gasteiger partial charge >= 0.3 is 24.2 Å². The largest absolute Gasteiger partial charge is 0.481 e. The van der Waals surface area contributed by atoms with Crippen LogP contribution in [0.2, 0.25) is 0 Å². The van der Waals surface area contributed by atoms with Gasteiger partial charge in [0.25, 0.3) is 0 Å². The van der Waals surface area contributed by atoms with Crippen molar-refractivity contribution in [3.8, 4) is 0 Å². The van der Waals surface area contributed by atoms with Crippen LogP contribution in [0.3, 0.4) is 0 Å². The SMILES string of the molecule is Cc1cc([C@@H](C)OC[C@@]2(c3ccccc3)CC[C@]3(CCC(=O)N3)CN2C(=O)OCOC(=O)C(N)CC(=O)O)cc(C(F)(F)F)c1. The lowest BCUT2D eigenvalue weighted by Gasteiger charge is -2.52. The first-order valence-corrected chi connectivity index (χ1v) is 14.4. The Hall–Kier alpha value is -4.17. The third kappa shape index (κ3) is 7.92. The summed E-state index contributed by atoms with van der Waals surface area (Å²) in [6, 6.07) is 11.1. The number of nitrogens with zero attached hydrogens (tertiary/aromatic N) is 1. The van der Waals surface area contributed by atoms with Gasteiger partial charge in [-0.3, -0.25) is 19.3 Å². The van der Waals surface area contributed by atoms with Gasteiger partial charge in [0, 0.05) is 13.0 Å². The number of carbonyl (C=O) groups is 4. The topological polar surface area (TPSA) is 157 Å². The number of hydrogen-bond donors (Lipinski definition) is 3. The number of aryl methyl sites for hydroxylation is 1. The van der Waals surface area contributed by atoms with Gasteiger partial charge in [0.2, 0.25) is 12.7 Å². The number of nitrogens with two attached hydrogens (primary N) is 1. The monoisotopic (exact) mass is 635 g/mol. The Balaban J connectivity index is 1.62. The number of rotatable bonds is 10. The Kier molecular flexibility index (Phi) is 10.1. The Morgan fingerprint density at radius 3 is 2.42 bits per heavy atom. The highest BCUT2D eigenvalue weighted by Crippen LogP contribution is 2.45. The van der Waals surface area contributed by atoms with E-state index in [0.717, 1.165) is 12.1 Å². The molecule has 1 spiro atoms. The van der Waals surface area contributed by atoms with Gasteiger partial charge in [-0.1, -0.05) is 42.0 Å². The average Bonchev–Trinajstić information content (AvgIpc) is 3.35. The van der Waals surface area contributed by atoms with Gasteiger partial charge in [0.1, 0.15) is 6.04 Å². The van der Waals surface area contributed by atoms with Crippen LogP contribution in [0.25, 0.3) is 0 Å². The number of carboxylic acids is 1. The normalized spacial score (nSPS) is 22.9. The van der Waals surface area contributed by atoms with Crippen LogP contribution in [0.4, 0.5) is 18.0 Å². The first-order chi connectivity index (χ1) is 21.1. The number of halogens is 3. The van der Waals surface area contributed by atoms with E-state index in [2.05, 4.69) is 5.32 Å². The summed E-state index contributed by atoms with van der Waals surface area (Å²) in [6.07, 6.45) is -5.45. The second kappa shape index (κ2) is 13.4. The van der Waals surface area contributed by atoms with Gasteiger partial charge < -0.3 is 30.4 Å². The number of alkyl halides is 3. The number of esters is 1. The summed E-state index contributed by atoms with van der Waals surface area (Å²) in [5.41, 5.74) is 4.16. The van der Waals surface area contributed by atoms with E-state index < -0.39 is 66.2 Å². The zero-order chi connectivity index (χ0) is 33.0. The van der Waals surface area contributed by atoms with Crippen molar-refractivity contribution in [3.05, 3.63) is 70.8 Å². The second-order valence-corrected chi connectivity index (χ2v) is 11.6. The molecule has 2 aliphatic rings. The van der Waals surface area contributed by atoms with Crippen molar-refractivity contribution in [3.63, 3.8) is 0 Å². The molecule has 4 rings (SSSR count). The van der Waals surface area contributed by atoms with Crippen molar-refractivity contribution in [2.24, 2.45) is 5.73 Å². The van der Waals surface area contributed by atoms with E-state index in [9.17, 15) is 32.3 Å². The maximum Gasteiger partial charge on any atom is 0.416 e. The zero-order valence-electron chi connectivity index (χ0n) is 24.9. The van der Waals surface area contributed by atoms with E-state index in [1.54, 1.807) is 50.2 Å². The van der Waals surface area contributed by atoms with Crippen LogP contribution < -0.4 is 11.1 Å². The molecule has 14 heteroatoms.